The minimum absolute atomic E-state index is 0.00737. The van der Waals surface area contributed by atoms with Gasteiger partial charge in [0.05, 0.1) is 17.5 Å². The molecule has 0 spiro atoms. The molecule has 1 aliphatic heterocycles. The fourth-order valence-corrected chi connectivity index (χ4v) is 3.69. The molecule has 144 valence electrons. The van der Waals surface area contributed by atoms with Crippen molar-refractivity contribution in [2.75, 3.05) is 27.2 Å². The van der Waals surface area contributed by atoms with E-state index in [2.05, 4.69) is 15.1 Å². The predicted octanol–water partition coefficient (Wildman–Crippen LogP) is 1.85. The van der Waals surface area contributed by atoms with Gasteiger partial charge >= 0.3 is 0 Å². The SMILES string of the molecule is CN(C)C(=O)c1cnn2c(C3CCCN(C(=O)c4cccnc4)C3)ccnc12. The van der Waals surface area contributed by atoms with Crippen molar-refractivity contribution in [1.82, 2.24) is 29.4 Å². The van der Waals surface area contributed by atoms with E-state index in [4.69, 9.17) is 0 Å². The van der Waals surface area contributed by atoms with Gasteiger partial charge < -0.3 is 9.80 Å². The van der Waals surface area contributed by atoms with Gasteiger partial charge in [-0.3, -0.25) is 14.6 Å². The minimum Gasteiger partial charge on any atom is -0.345 e. The Kier molecular flexibility index (Phi) is 4.77. The molecule has 1 unspecified atom stereocenters. The van der Waals surface area contributed by atoms with Crippen LogP contribution in [-0.2, 0) is 0 Å². The van der Waals surface area contributed by atoms with E-state index in [0.29, 0.717) is 23.3 Å². The molecule has 0 aromatic carbocycles. The van der Waals surface area contributed by atoms with E-state index in [1.165, 1.54) is 4.90 Å². The van der Waals surface area contributed by atoms with Crippen LogP contribution in [0.3, 0.4) is 0 Å². The van der Waals surface area contributed by atoms with Crippen molar-refractivity contribution in [3.8, 4) is 0 Å². The molecule has 28 heavy (non-hydrogen) atoms. The zero-order valence-electron chi connectivity index (χ0n) is 15.9. The van der Waals surface area contributed by atoms with Crippen molar-refractivity contribution >= 4 is 17.5 Å². The Bertz CT molecular complexity index is 1010. The van der Waals surface area contributed by atoms with Crippen LogP contribution in [0.15, 0.2) is 43.0 Å². The van der Waals surface area contributed by atoms with Crippen LogP contribution in [0.25, 0.3) is 5.65 Å². The molecule has 3 aromatic rings. The van der Waals surface area contributed by atoms with Crippen LogP contribution in [0.1, 0.15) is 45.2 Å². The summed E-state index contributed by atoms with van der Waals surface area (Å²) < 4.78 is 1.74. The van der Waals surface area contributed by atoms with Crippen molar-refractivity contribution in [2.45, 2.75) is 18.8 Å². The zero-order valence-corrected chi connectivity index (χ0v) is 15.9. The third-order valence-corrected chi connectivity index (χ3v) is 5.10. The molecule has 0 radical (unpaired) electrons. The summed E-state index contributed by atoms with van der Waals surface area (Å²) in [6.45, 7) is 1.32. The third kappa shape index (κ3) is 3.21. The number of carbonyl (C=O) groups is 2. The van der Waals surface area contributed by atoms with Crippen LogP contribution >= 0.6 is 0 Å². The first-order valence-corrected chi connectivity index (χ1v) is 9.30. The van der Waals surface area contributed by atoms with Gasteiger partial charge in [0.1, 0.15) is 5.56 Å². The fourth-order valence-electron chi connectivity index (χ4n) is 3.69. The van der Waals surface area contributed by atoms with Crippen LogP contribution in [0.5, 0.6) is 0 Å². The van der Waals surface area contributed by atoms with Crippen LogP contribution < -0.4 is 0 Å². The number of hydrogen-bond acceptors (Lipinski definition) is 5. The standard InChI is InChI=1S/C20H22N6O2/c1-24(2)20(28)16-12-23-26-17(7-9-22-18(16)26)15-6-4-10-25(13-15)19(27)14-5-3-8-21-11-14/h3,5,7-9,11-12,15H,4,6,10,13H2,1-2H3. The van der Waals surface area contributed by atoms with Crippen molar-refractivity contribution < 1.29 is 9.59 Å². The Morgan fingerprint density at radius 1 is 1.18 bits per heavy atom. The lowest BCUT2D eigenvalue weighted by Crippen LogP contribution is -2.39. The summed E-state index contributed by atoms with van der Waals surface area (Å²) in [5.41, 5.74) is 2.59. The predicted molar refractivity (Wildman–Crippen MR) is 103 cm³/mol. The van der Waals surface area contributed by atoms with Crippen LogP contribution in [0, 0.1) is 0 Å². The van der Waals surface area contributed by atoms with Crippen molar-refractivity contribution in [1.29, 1.82) is 0 Å². The number of nitrogens with zero attached hydrogens (tertiary/aromatic N) is 6. The third-order valence-electron chi connectivity index (χ3n) is 5.10. The first kappa shape index (κ1) is 18.1. The van der Waals surface area contributed by atoms with Gasteiger partial charge in [0, 0.05) is 51.7 Å². The highest BCUT2D eigenvalue weighted by Crippen LogP contribution is 2.28. The molecular formula is C20H22N6O2. The number of aromatic nitrogens is 4. The van der Waals surface area contributed by atoms with Gasteiger partial charge in [-0.25, -0.2) is 9.50 Å². The summed E-state index contributed by atoms with van der Waals surface area (Å²) in [6.07, 6.45) is 8.39. The maximum Gasteiger partial charge on any atom is 0.258 e. The molecular weight excluding hydrogens is 356 g/mol. The average Bonchev–Trinajstić information content (AvgIpc) is 3.17. The van der Waals surface area contributed by atoms with Gasteiger partial charge in [0.15, 0.2) is 5.65 Å². The fraction of sp³-hybridized carbons (Fsp3) is 0.350. The monoisotopic (exact) mass is 378 g/mol. The number of carbonyl (C=O) groups excluding carboxylic acids is 2. The molecule has 0 bridgehead atoms. The largest absolute Gasteiger partial charge is 0.345 e. The van der Waals surface area contributed by atoms with Gasteiger partial charge in [-0.2, -0.15) is 5.10 Å². The summed E-state index contributed by atoms with van der Waals surface area (Å²) in [6, 6.07) is 5.48. The number of piperidine rings is 1. The zero-order chi connectivity index (χ0) is 19.7. The normalized spacial score (nSPS) is 16.9. The number of pyridine rings is 1. The van der Waals surface area contributed by atoms with E-state index >= 15 is 0 Å². The second kappa shape index (κ2) is 7.38. The van der Waals surface area contributed by atoms with Crippen LogP contribution in [0.4, 0.5) is 0 Å². The molecule has 1 fully saturated rings. The molecule has 2 amide bonds. The Labute approximate surface area is 162 Å². The van der Waals surface area contributed by atoms with E-state index in [1.54, 1.807) is 55.5 Å². The second-order valence-electron chi connectivity index (χ2n) is 7.19. The first-order valence-electron chi connectivity index (χ1n) is 9.30. The topological polar surface area (TPSA) is 83.7 Å². The first-order chi connectivity index (χ1) is 13.6. The Morgan fingerprint density at radius 3 is 2.79 bits per heavy atom. The summed E-state index contributed by atoms with van der Waals surface area (Å²) in [7, 11) is 3.41. The lowest BCUT2D eigenvalue weighted by Gasteiger charge is -2.33. The van der Waals surface area contributed by atoms with Crippen molar-refractivity contribution in [3.63, 3.8) is 0 Å². The molecule has 4 heterocycles. The van der Waals surface area contributed by atoms with E-state index in [0.717, 1.165) is 25.1 Å². The number of amides is 2. The molecule has 1 saturated heterocycles. The Balaban J connectivity index is 1.63. The average molecular weight is 378 g/mol. The van der Waals surface area contributed by atoms with E-state index in [-0.39, 0.29) is 17.7 Å². The molecule has 8 nitrogen and oxygen atoms in total. The molecule has 1 aliphatic rings. The highest BCUT2D eigenvalue weighted by atomic mass is 16.2. The minimum atomic E-state index is -0.128. The smallest absolute Gasteiger partial charge is 0.258 e. The van der Waals surface area contributed by atoms with Crippen molar-refractivity contribution in [3.05, 3.63) is 59.8 Å². The van der Waals surface area contributed by atoms with Gasteiger partial charge in [-0.05, 0) is 31.0 Å². The number of fused-ring (bicyclic) bond motifs is 1. The maximum absolute atomic E-state index is 12.8. The van der Waals surface area contributed by atoms with E-state index < -0.39 is 0 Å². The quantitative estimate of drug-likeness (QED) is 0.694. The summed E-state index contributed by atoms with van der Waals surface area (Å²) >= 11 is 0. The molecule has 8 heteroatoms. The molecule has 0 saturated carbocycles. The summed E-state index contributed by atoms with van der Waals surface area (Å²) in [5.74, 6) is -0.00852. The number of likely N-dealkylation sites (tertiary alicyclic amines) is 1. The lowest BCUT2D eigenvalue weighted by atomic mass is 9.94. The highest BCUT2D eigenvalue weighted by Gasteiger charge is 2.28. The Morgan fingerprint density at radius 2 is 2.04 bits per heavy atom. The maximum atomic E-state index is 12.8. The van der Waals surface area contributed by atoms with Gasteiger partial charge in [0.25, 0.3) is 11.8 Å². The van der Waals surface area contributed by atoms with Gasteiger partial charge in [-0.1, -0.05) is 0 Å². The molecule has 4 rings (SSSR count). The summed E-state index contributed by atoms with van der Waals surface area (Å²) in [4.78, 5) is 37.0. The number of hydrogen-bond donors (Lipinski definition) is 0. The highest BCUT2D eigenvalue weighted by molar-refractivity contribution is 5.99. The molecule has 1 atom stereocenters. The summed E-state index contributed by atoms with van der Waals surface area (Å²) in [5, 5.41) is 4.42. The molecule has 0 N–H and O–H groups in total. The lowest BCUT2D eigenvalue weighted by molar-refractivity contribution is 0.0704. The van der Waals surface area contributed by atoms with Gasteiger partial charge in [-0.15, -0.1) is 0 Å². The van der Waals surface area contributed by atoms with Crippen molar-refractivity contribution in [2.24, 2.45) is 0 Å². The Hall–Kier alpha value is -3.29. The molecule has 3 aromatic heterocycles. The van der Waals surface area contributed by atoms with Crippen LogP contribution in [0.2, 0.25) is 0 Å². The van der Waals surface area contributed by atoms with E-state index in [9.17, 15) is 9.59 Å². The second-order valence-corrected chi connectivity index (χ2v) is 7.19. The van der Waals surface area contributed by atoms with Crippen LogP contribution in [-0.4, -0.2) is 68.4 Å². The van der Waals surface area contributed by atoms with E-state index in [1.807, 2.05) is 11.0 Å². The number of rotatable bonds is 3. The molecule has 0 aliphatic carbocycles. The van der Waals surface area contributed by atoms with Gasteiger partial charge in [0.2, 0.25) is 0 Å².